The maximum atomic E-state index is 11.5. The Morgan fingerprint density at radius 2 is 1.80 bits per heavy atom. The molecule has 0 amide bonds. The van der Waals surface area contributed by atoms with Gasteiger partial charge in [0.1, 0.15) is 0 Å². The van der Waals surface area contributed by atoms with Crippen LogP contribution in [0, 0.1) is 0 Å². The lowest BCUT2D eigenvalue weighted by molar-refractivity contribution is 0.101. The average Bonchev–Trinajstić information content (AvgIpc) is 2.18. The van der Waals surface area contributed by atoms with Gasteiger partial charge in [0.2, 0.25) is 10.0 Å². The number of sulfonamides is 1. The van der Waals surface area contributed by atoms with Crippen molar-refractivity contribution in [1.82, 2.24) is 4.72 Å². The summed E-state index contributed by atoms with van der Waals surface area (Å²) in [5.74, 6) is -0.0811. The van der Waals surface area contributed by atoms with Crippen molar-refractivity contribution >= 4 is 15.8 Å². The zero-order valence-corrected chi connectivity index (χ0v) is 9.47. The maximum absolute atomic E-state index is 11.5. The van der Waals surface area contributed by atoms with Crippen LogP contribution in [0.25, 0.3) is 0 Å². The minimum Gasteiger partial charge on any atom is -0.295 e. The van der Waals surface area contributed by atoms with Gasteiger partial charge in [0.25, 0.3) is 0 Å². The molecule has 0 aliphatic heterocycles. The number of hydrogen-bond donors (Lipinski definition) is 1. The molecule has 0 spiro atoms. The van der Waals surface area contributed by atoms with Crippen LogP contribution in [0.3, 0.4) is 0 Å². The largest absolute Gasteiger partial charge is 0.295 e. The number of benzene rings is 1. The lowest BCUT2D eigenvalue weighted by Crippen LogP contribution is -2.23. The number of carbonyl (C=O) groups excluding carboxylic acids is 1. The van der Waals surface area contributed by atoms with Gasteiger partial charge in [-0.05, 0) is 19.1 Å². The van der Waals surface area contributed by atoms with Crippen LogP contribution in [0.1, 0.15) is 24.2 Å². The minimum absolute atomic E-state index is 0.0811. The van der Waals surface area contributed by atoms with Crippen molar-refractivity contribution in [3.8, 4) is 0 Å². The molecule has 0 radical (unpaired) electrons. The Balaban J connectivity index is 3.04. The number of hydrogen-bond acceptors (Lipinski definition) is 3. The van der Waals surface area contributed by atoms with Crippen molar-refractivity contribution in [2.45, 2.75) is 18.7 Å². The summed E-state index contributed by atoms with van der Waals surface area (Å²) >= 11 is 0. The summed E-state index contributed by atoms with van der Waals surface area (Å²) in [5, 5.41) is 0. The van der Waals surface area contributed by atoms with Gasteiger partial charge >= 0.3 is 0 Å². The molecule has 15 heavy (non-hydrogen) atoms. The molecule has 0 aromatic heterocycles. The van der Waals surface area contributed by atoms with Crippen molar-refractivity contribution in [2.75, 3.05) is 6.54 Å². The molecule has 5 heteroatoms. The molecule has 1 aromatic rings. The molecule has 0 atom stereocenters. The van der Waals surface area contributed by atoms with Crippen LogP contribution >= 0.6 is 0 Å². The highest BCUT2D eigenvalue weighted by atomic mass is 32.2. The second kappa shape index (κ2) is 4.55. The quantitative estimate of drug-likeness (QED) is 0.786. The third-order valence-corrected chi connectivity index (χ3v) is 3.47. The number of rotatable bonds is 4. The number of carbonyl (C=O) groups is 1. The van der Waals surface area contributed by atoms with Crippen LogP contribution in [-0.2, 0) is 10.0 Å². The van der Waals surface area contributed by atoms with Crippen LogP contribution < -0.4 is 4.72 Å². The molecule has 0 aliphatic carbocycles. The minimum atomic E-state index is -3.41. The summed E-state index contributed by atoms with van der Waals surface area (Å²) < 4.78 is 25.4. The van der Waals surface area contributed by atoms with Crippen LogP contribution in [0.15, 0.2) is 29.2 Å². The van der Waals surface area contributed by atoms with E-state index in [1.54, 1.807) is 6.92 Å². The first kappa shape index (κ1) is 11.9. The first-order valence-electron chi connectivity index (χ1n) is 4.58. The maximum Gasteiger partial charge on any atom is 0.240 e. The molecule has 82 valence electrons. The van der Waals surface area contributed by atoms with Gasteiger partial charge in [-0.1, -0.05) is 19.1 Å². The molecule has 0 unspecified atom stereocenters. The molecule has 1 N–H and O–H groups in total. The van der Waals surface area contributed by atoms with Gasteiger partial charge in [-0.25, -0.2) is 13.1 Å². The van der Waals surface area contributed by atoms with Gasteiger partial charge in [-0.15, -0.1) is 0 Å². The number of nitrogens with one attached hydrogen (secondary N) is 1. The third kappa shape index (κ3) is 2.87. The van der Waals surface area contributed by atoms with Gasteiger partial charge in [-0.2, -0.15) is 0 Å². The van der Waals surface area contributed by atoms with Gasteiger partial charge < -0.3 is 0 Å². The Bertz CT molecular complexity index is 448. The van der Waals surface area contributed by atoms with E-state index in [4.69, 9.17) is 0 Å². The Hall–Kier alpha value is -1.20. The van der Waals surface area contributed by atoms with Crippen molar-refractivity contribution in [3.63, 3.8) is 0 Å². The van der Waals surface area contributed by atoms with E-state index in [1.807, 2.05) is 0 Å². The molecule has 4 nitrogen and oxygen atoms in total. The summed E-state index contributed by atoms with van der Waals surface area (Å²) in [6.07, 6.45) is 0. The highest BCUT2D eigenvalue weighted by Crippen LogP contribution is 2.10. The molecular weight excluding hydrogens is 214 g/mol. The smallest absolute Gasteiger partial charge is 0.240 e. The third-order valence-electron chi connectivity index (χ3n) is 1.91. The Kier molecular flexibility index (Phi) is 3.60. The van der Waals surface area contributed by atoms with E-state index in [0.717, 1.165) is 0 Å². The van der Waals surface area contributed by atoms with Crippen molar-refractivity contribution in [3.05, 3.63) is 29.8 Å². The highest BCUT2D eigenvalue weighted by molar-refractivity contribution is 7.89. The highest BCUT2D eigenvalue weighted by Gasteiger charge is 2.12. The van der Waals surface area contributed by atoms with Crippen LogP contribution in [-0.4, -0.2) is 20.7 Å². The second-order valence-corrected chi connectivity index (χ2v) is 4.85. The Morgan fingerprint density at radius 1 is 1.27 bits per heavy atom. The van der Waals surface area contributed by atoms with E-state index < -0.39 is 10.0 Å². The van der Waals surface area contributed by atoms with Crippen LogP contribution in [0.2, 0.25) is 0 Å². The lowest BCUT2D eigenvalue weighted by atomic mass is 10.2. The normalized spacial score (nSPS) is 11.3. The SMILES string of the molecule is CCNS(=O)(=O)c1ccc(C(C)=O)cc1. The summed E-state index contributed by atoms with van der Waals surface area (Å²) in [6, 6.07) is 5.86. The van der Waals surface area contributed by atoms with E-state index in [9.17, 15) is 13.2 Å². The van der Waals surface area contributed by atoms with E-state index >= 15 is 0 Å². The van der Waals surface area contributed by atoms with E-state index in [1.165, 1.54) is 31.2 Å². The molecule has 1 rings (SSSR count). The van der Waals surface area contributed by atoms with Gasteiger partial charge in [0.15, 0.2) is 5.78 Å². The van der Waals surface area contributed by atoms with E-state index in [-0.39, 0.29) is 10.7 Å². The van der Waals surface area contributed by atoms with Crippen molar-refractivity contribution in [1.29, 1.82) is 0 Å². The zero-order valence-electron chi connectivity index (χ0n) is 8.65. The summed E-state index contributed by atoms with van der Waals surface area (Å²) in [7, 11) is -3.41. The van der Waals surface area contributed by atoms with Crippen LogP contribution in [0.4, 0.5) is 0 Å². The van der Waals surface area contributed by atoms with E-state index in [2.05, 4.69) is 4.72 Å². The fourth-order valence-corrected chi connectivity index (χ4v) is 2.18. The van der Waals surface area contributed by atoms with Crippen molar-refractivity contribution in [2.24, 2.45) is 0 Å². The Morgan fingerprint density at radius 3 is 2.20 bits per heavy atom. The molecular formula is C10H13NO3S. The fraction of sp³-hybridized carbons (Fsp3) is 0.300. The zero-order chi connectivity index (χ0) is 11.5. The summed E-state index contributed by atoms with van der Waals surface area (Å²) in [5.41, 5.74) is 0.505. The standard InChI is InChI=1S/C10H13NO3S/c1-3-11-15(13,14)10-6-4-9(5-7-10)8(2)12/h4-7,11H,3H2,1-2H3. The van der Waals surface area contributed by atoms with Crippen LogP contribution in [0.5, 0.6) is 0 Å². The molecule has 1 aromatic carbocycles. The van der Waals surface area contributed by atoms with Crippen molar-refractivity contribution < 1.29 is 13.2 Å². The van der Waals surface area contributed by atoms with Gasteiger partial charge in [0, 0.05) is 12.1 Å². The molecule has 0 saturated heterocycles. The van der Waals surface area contributed by atoms with Gasteiger partial charge in [-0.3, -0.25) is 4.79 Å². The first-order chi connectivity index (χ1) is 6.97. The second-order valence-electron chi connectivity index (χ2n) is 3.08. The van der Waals surface area contributed by atoms with Gasteiger partial charge in [0.05, 0.1) is 4.90 Å². The lowest BCUT2D eigenvalue weighted by Gasteiger charge is -2.04. The summed E-state index contributed by atoms with van der Waals surface area (Å²) in [6.45, 7) is 3.49. The Labute approximate surface area is 89.4 Å². The van der Waals surface area contributed by atoms with E-state index in [0.29, 0.717) is 12.1 Å². The fourth-order valence-electron chi connectivity index (χ4n) is 1.14. The number of ketones is 1. The molecule has 0 fully saturated rings. The molecule has 0 bridgehead atoms. The predicted octanol–water partition coefficient (Wildman–Crippen LogP) is 1.19. The topological polar surface area (TPSA) is 63.2 Å². The molecule has 0 heterocycles. The average molecular weight is 227 g/mol. The first-order valence-corrected chi connectivity index (χ1v) is 6.06. The monoisotopic (exact) mass is 227 g/mol. The molecule has 0 aliphatic rings. The number of Topliss-reactive ketones (excluding diaryl/α,β-unsaturated/α-hetero) is 1. The molecule has 0 saturated carbocycles. The predicted molar refractivity (Wildman–Crippen MR) is 57.3 cm³/mol. The summed E-state index contributed by atoms with van der Waals surface area (Å²) in [4.78, 5) is 11.1.